The van der Waals surface area contributed by atoms with E-state index in [4.69, 9.17) is 0 Å². The van der Waals surface area contributed by atoms with E-state index in [1.54, 1.807) is 11.5 Å². The van der Waals surface area contributed by atoms with Crippen molar-refractivity contribution in [2.24, 2.45) is 0 Å². The Balaban J connectivity index is 2.13. The Hall–Kier alpha value is 1.08. The van der Waals surface area contributed by atoms with Crippen LogP contribution in [0.3, 0.4) is 0 Å². The summed E-state index contributed by atoms with van der Waals surface area (Å²) in [5.74, 6) is 3.17. The Bertz CT molecular complexity index is 59.5. The van der Waals surface area contributed by atoms with Crippen molar-refractivity contribution < 1.29 is 19.8 Å². The van der Waals surface area contributed by atoms with Gasteiger partial charge in [0.25, 0.3) is 0 Å². The average Bonchev–Trinajstić information content (AvgIpc) is 1.90. The van der Waals surface area contributed by atoms with Gasteiger partial charge in [0.1, 0.15) is 0 Å². The number of hydrogen-bond acceptors (Lipinski definition) is 0. The summed E-state index contributed by atoms with van der Waals surface area (Å²) in [7, 11) is 0.958. The van der Waals surface area contributed by atoms with Gasteiger partial charge >= 0.3 is 63.6 Å². The summed E-state index contributed by atoms with van der Waals surface area (Å²) < 4.78 is 0. The summed E-state index contributed by atoms with van der Waals surface area (Å²) in [5, 5.41) is 0. The van der Waals surface area contributed by atoms with Gasteiger partial charge in [0.05, 0.1) is 0 Å². The van der Waals surface area contributed by atoms with Gasteiger partial charge in [0, 0.05) is 0 Å². The van der Waals surface area contributed by atoms with Gasteiger partial charge in [-0.05, 0) is 0 Å². The van der Waals surface area contributed by atoms with Gasteiger partial charge in [-0.3, -0.25) is 0 Å². The Morgan fingerprint density at radius 1 is 1.12 bits per heavy atom. The Labute approximate surface area is 63.5 Å². The van der Waals surface area contributed by atoms with Crippen LogP contribution in [-0.2, 0) is 8.07 Å². The first-order valence-corrected chi connectivity index (χ1v) is 9.37. The molecule has 0 atom stereocenters. The van der Waals surface area contributed by atoms with Crippen LogP contribution >= 0.6 is 0 Å². The number of alkyl halides is 1. The third-order valence-corrected chi connectivity index (χ3v) is 9.73. The normalized spacial score (nSPS) is 24.1. The molecule has 1 saturated heterocycles. The van der Waals surface area contributed by atoms with Gasteiger partial charge in [0.2, 0.25) is 0 Å². The summed E-state index contributed by atoms with van der Waals surface area (Å²) in [6.45, 7) is 0. The zero-order valence-electron chi connectivity index (χ0n) is 5.32. The van der Waals surface area contributed by atoms with Gasteiger partial charge in [-0.1, -0.05) is 0 Å². The van der Waals surface area contributed by atoms with Crippen LogP contribution in [-0.4, -0.2) is 16.4 Å². The van der Waals surface area contributed by atoms with E-state index >= 15 is 0 Å². The molecule has 0 aromatic heterocycles. The van der Waals surface area contributed by atoms with Crippen molar-refractivity contribution in [1.82, 2.24) is 0 Å². The SMILES string of the molecule is C[I-][S+]1CCCCC1. The molecule has 0 spiro atoms. The molecule has 0 aromatic rings. The molecule has 0 aliphatic carbocycles. The average molecular weight is 244 g/mol. The zero-order valence-corrected chi connectivity index (χ0v) is 8.30. The van der Waals surface area contributed by atoms with E-state index in [1.165, 1.54) is 19.3 Å². The molecule has 0 bridgehead atoms. The van der Waals surface area contributed by atoms with Crippen molar-refractivity contribution in [3.05, 3.63) is 0 Å². The van der Waals surface area contributed by atoms with Crippen molar-refractivity contribution in [3.8, 4) is 0 Å². The van der Waals surface area contributed by atoms with Crippen LogP contribution in [0.4, 0.5) is 0 Å². The summed E-state index contributed by atoms with van der Waals surface area (Å²) in [4.78, 5) is 2.44. The zero-order chi connectivity index (χ0) is 5.82. The van der Waals surface area contributed by atoms with E-state index in [2.05, 4.69) is 4.93 Å². The molecule has 0 saturated carbocycles. The first kappa shape index (κ1) is 7.19. The summed E-state index contributed by atoms with van der Waals surface area (Å²) >= 11 is 0.614. The first-order valence-electron chi connectivity index (χ1n) is 3.11. The van der Waals surface area contributed by atoms with E-state index in [0.29, 0.717) is 19.8 Å². The Kier molecular flexibility index (Phi) is 3.58. The molecule has 0 nitrogen and oxygen atoms in total. The minimum atomic E-state index is 0.614. The molecule has 1 aliphatic rings. The van der Waals surface area contributed by atoms with Crippen LogP contribution in [0.1, 0.15) is 19.3 Å². The molecule has 0 N–H and O–H groups in total. The van der Waals surface area contributed by atoms with E-state index in [1.807, 2.05) is 0 Å². The van der Waals surface area contributed by atoms with Crippen LogP contribution in [0, 0.1) is 0 Å². The maximum absolute atomic E-state index is 2.44. The first-order chi connectivity index (χ1) is 3.93. The van der Waals surface area contributed by atoms with Gasteiger partial charge in [-0.15, -0.1) is 0 Å². The summed E-state index contributed by atoms with van der Waals surface area (Å²) in [6.07, 6.45) is 4.60. The van der Waals surface area contributed by atoms with Gasteiger partial charge in [-0.25, -0.2) is 0 Å². The van der Waals surface area contributed by atoms with Crippen molar-refractivity contribution in [1.29, 1.82) is 0 Å². The Morgan fingerprint density at radius 3 is 2.12 bits per heavy atom. The van der Waals surface area contributed by atoms with E-state index in [-0.39, 0.29) is 0 Å². The number of halogens is 1. The monoisotopic (exact) mass is 244 g/mol. The standard InChI is InChI=1S/C6H13IS/c1-7-8-5-3-2-4-6-8/h2-6H2,1H3. The third kappa shape index (κ3) is 2.13. The maximum atomic E-state index is 2.44. The van der Waals surface area contributed by atoms with Crippen LogP contribution in [0.25, 0.3) is 0 Å². The topological polar surface area (TPSA) is 0 Å². The molecule has 1 aliphatic heterocycles. The third-order valence-electron chi connectivity index (χ3n) is 1.45. The fraction of sp³-hybridized carbons (Fsp3) is 1.00. The quantitative estimate of drug-likeness (QED) is 0.297. The number of rotatable bonds is 1. The van der Waals surface area contributed by atoms with E-state index < -0.39 is 0 Å². The van der Waals surface area contributed by atoms with Gasteiger partial charge in [0.15, 0.2) is 0 Å². The Morgan fingerprint density at radius 2 is 1.75 bits per heavy atom. The predicted molar refractivity (Wildman–Crippen MR) is 36.9 cm³/mol. The van der Waals surface area contributed by atoms with Crippen molar-refractivity contribution in [2.45, 2.75) is 19.3 Å². The van der Waals surface area contributed by atoms with Crippen molar-refractivity contribution in [2.75, 3.05) is 16.4 Å². The second kappa shape index (κ2) is 3.99. The van der Waals surface area contributed by atoms with Crippen molar-refractivity contribution >= 4 is 8.07 Å². The van der Waals surface area contributed by atoms with Crippen LogP contribution < -0.4 is 19.8 Å². The molecule has 0 amide bonds. The molecular weight excluding hydrogens is 231 g/mol. The molecule has 0 unspecified atom stereocenters. The fourth-order valence-electron chi connectivity index (χ4n) is 0.950. The van der Waals surface area contributed by atoms with Gasteiger partial charge in [-0.2, -0.15) is 0 Å². The molecular formula is C6H13IS. The molecule has 2 heteroatoms. The molecule has 1 rings (SSSR count). The van der Waals surface area contributed by atoms with Crippen molar-refractivity contribution in [3.63, 3.8) is 0 Å². The molecule has 0 radical (unpaired) electrons. The molecule has 8 heavy (non-hydrogen) atoms. The summed E-state index contributed by atoms with van der Waals surface area (Å²) in [5.41, 5.74) is 0. The second-order valence-electron chi connectivity index (χ2n) is 2.05. The second-order valence-corrected chi connectivity index (χ2v) is 10.4. The fourth-order valence-corrected chi connectivity index (χ4v) is 7.01. The van der Waals surface area contributed by atoms with Crippen LogP contribution in [0.5, 0.6) is 0 Å². The van der Waals surface area contributed by atoms with Gasteiger partial charge < -0.3 is 0 Å². The van der Waals surface area contributed by atoms with Crippen LogP contribution in [0.2, 0.25) is 0 Å². The number of hydrogen-bond donors (Lipinski definition) is 0. The predicted octanol–water partition coefficient (Wildman–Crippen LogP) is -1.58. The van der Waals surface area contributed by atoms with E-state index in [0.717, 1.165) is 8.07 Å². The molecule has 1 heterocycles. The van der Waals surface area contributed by atoms with Crippen LogP contribution in [0.15, 0.2) is 0 Å². The molecule has 50 valence electrons. The summed E-state index contributed by atoms with van der Waals surface area (Å²) in [6, 6.07) is 0. The minimum absolute atomic E-state index is 0.614. The molecule has 0 aromatic carbocycles. The molecule has 1 fully saturated rings. The van der Waals surface area contributed by atoms with E-state index in [9.17, 15) is 0 Å².